The summed E-state index contributed by atoms with van der Waals surface area (Å²) in [6, 6.07) is 6.11. The van der Waals surface area contributed by atoms with Crippen molar-refractivity contribution in [2.75, 3.05) is 19.0 Å². The van der Waals surface area contributed by atoms with E-state index in [0.29, 0.717) is 23.2 Å². The van der Waals surface area contributed by atoms with Gasteiger partial charge in [0.05, 0.1) is 29.4 Å². The molecular formula is C15H15FN2O2. The van der Waals surface area contributed by atoms with Crippen molar-refractivity contribution in [3.05, 3.63) is 36.3 Å². The van der Waals surface area contributed by atoms with Gasteiger partial charge in [0.25, 0.3) is 0 Å². The van der Waals surface area contributed by atoms with E-state index in [-0.39, 0.29) is 11.7 Å². The number of carbonyl (C=O) groups excluding carboxylic acids is 1. The van der Waals surface area contributed by atoms with E-state index in [4.69, 9.17) is 4.74 Å². The molecule has 1 aromatic carbocycles. The van der Waals surface area contributed by atoms with Gasteiger partial charge >= 0.3 is 0 Å². The van der Waals surface area contributed by atoms with Crippen LogP contribution in [0, 0.1) is 11.2 Å². The first-order valence-corrected chi connectivity index (χ1v) is 6.49. The van der Waals surface area contributed by atoms with E-state index in [0.717, 1.165) is 12.8 Å². The van der Waals surface area contributed by atoms with Gasteiger partial charge in [0, 0.05) is 12.5 Å². The highest BCUT2D eigenvalue weighted by Crippen LogP contribution is 2.46. The standard InChI is InChI=1S/C15H15FN2O2/c1-20-9-15(4-5-15)14(19)18-12-7-10-6-11(16)2-3-13(10)17-8-12/h2-3,6-8H,4-5,9H2,1H3,(H,18,19). The summed E-state index contributed by atoms with van der Waals surface area (Å²) in [7, 11) is 1.59. The van der Waals surface area contributed by atoms with E-state index in [2.05, 4.69) is 10.3 Å². The van der Waals surface area contributed by atoms with Gasteiger partial charge in [-0.1, -0.05) is 0 Å². The molecule has 1 saturated carbocycles. The first-order valence-electron chi connectivity index (χ1n) is 6.49. The summed E-state index contributed by atoms with van der Waals surface area (Å²) >= 11 is 0. The van der Waals surface area contributed by atoms with Crippen LogP contribution < -0.4 is 5.32 Å². The van der Waals surface area contributed by atoms with Crippen molar-refractivity contribution in [2.24, 2.45) is 5.41 Å². The minimum Gasteiger partial charge on any atom is -0.384 e. The van der Waals surface area contributed by atoms with Crippen LogP contribution >= 0.6 is 0 Å². The van der Waals surface area contributed by atoms with Gasteiger partial charge in [-0.05, 0) is 37.1 Å². The first-order chi connectivity index (χ1) is 9.63. The Morgan fingerprint density at radius 3 is 2.95 bits per heavy atom. The van der Waals surface area contributed by atoms with Gasteiger partial charge in [0.2, 0.25) is 5.91 Å². The first kappa shape index (κ1) is 13.0. The van der Waals surface area contributed by atoms with Crippen LogP contribution in [-0.2, 0) is 9.53 Å². The highest BCUT2D eigenvalue weighted by molar-refractivity contribution is 5.98. The molecule has 0 saturated heterocycles. The number of nitrogens with one attached hydrogen (secondary N) is 1. The Morgan fingerprint density at radius 2 is 2.25 bits per heavy atom. The molecule has 0 radical (unpaired) electrons. The molecule has 2 aromatic rings. The second kappa shape index (κ2) is 4.83. The van der Waals surface area contributed by atoms with E-state index in [1.165, 1.54) is 12.1 Å². The van der Waals surface area contributed by atoms with Crippen LogP contribution in [0.2, 0.25) is 0 Å². The maximum Gasteiger partial charge on any atom is 0.232 e. The lowest BCUT2D eigenvalue weighted by molar-refractivity contribution is -0.122. The van der Waals surface area contributed by atoms with Crippen molar-refractivity contribution >= 4 is 22.5 Å². The zero-order chi connectivity index (χ0) is 14.2. The third-order valence-electron chi connectivity index (χ3n) is 3.66. The van der Waals surface area contributed by atoms with Crippen molar-refractivity contribution in [3.63, 3.8) is 0 Å². The molecule has 5 heteroatoms. The number of fused-ring (bicyclic) bond motifs is 1. The fourth-order valence-corrected chi connectivity index (χ4v) is 2.30. The molecule has 3 rings (SSSR count). The predicted molar refractivity (Wildman–Crippen MR) is 73.9 cm³/mol. The number of nitrogens with zero attached hydrogens (tertiary/aromatic N) is 1. The molecule has 1 amide bonds. The summed E-state index contributed by atoms with van der Waals surface area (Å²) in [5.74, 6) is -0.377. The number of hydrogen-bond donors (Lipinski definition) is 1. The smallest absolute Gasteiger partial charge is 0.232 e. The van der Waals surface area contributed by atoms with Crippen LogP contribution in [0.15, 0.2) is 30.5 Å². The second-order valence-electron chi connectivity index (χ2n) is 5.23. The topological polar surface area (TPSA) is 51.2 Å². The molecule has 0 spiro atoms. The third-order valence-corrected chi connectivity index (χ3v) is 3.66. The van der Waals surface area contributed by atoms with Gasteiger partial charge in [-0.15, -0.1) is 0 Å². The third kappa shape index (κ3) is 2.36. The molecule has 4 nitrogen and oxygen atoms in total. The fourth-order valence-electron chi connectivity index (χ4n) is 2.30. The summed E-state index contributed by atoms with van der Waals surface area (Å²) in [5, 5.41) is 3.50. The summed E-state index contributed by atoms with van der Waals surface area (Å²) in [4.78, 5) is 16.4. The van der Waals surface area contributed by atoms with E-state index in [9.17, 15) is 9.18 Å². The van der Waals surface area contributed by atoms with Crippen LogP contribution in [0.4, 0.5) is 10.1 Å². The number of carbonyl (C=O) groups is 1. The molecule has 0 atom stereocenters. The monoisotopic (exact) mass is 274 g/mol. The van der Waals surface area contributed by atoms with Gasteiger partial charge in [-0.3, -0.25) is 9.78 Å². The predicted octanol–water partition coefficient (Wildman–Crippen LogP) is 2.74. The minimum atomic E-state index is -0.397. The van der Waals surface area contributed by atoms with Crippen molar-refractivity contribution in [3.8, 4) is 0 Å². The number of aromatic nitrogens is 1. The Morgan fingerprint density at radius 1 is 1.45 bits per heavy atom. The number of hydrogen-bond acceptors (Lipinski definition) is 3. The van der Waals surface area contributed by atoms with E-state index in [1.807, 2.05) is 0 Å². The lowest BCUT2D eigenvalue weighted by Gasteiger charge is -2.14. The van der Waals surface area contributed by atoms with Gasteiger partial charge < -0.3 is 10.1 Å². The summed E-state index contributed by atoms with van der Waals surface area (Å²) in [6.07, 6.45) is 3.26. The molecule has 1 aliphatic carbocycles. The average Bonchev–Trinajstić information content (AvgIpc) is 3.20. The zero-order valence-electron chi connectivity index (χ0n) is 11.1. The number of anilines is 1. The summed E-state index contributed by atoms with van der Waals surface area (Å²) in [5.41, 5.74) is 0.879. The van der Waals surface area contributed by atoms with Gasteiger partial charge in [-0.2, -0.15) is 0 Å². The Bertz CT molecular complexity index is 668. The average molecular weight is 274 g/mol. The Hall–Kier alpha value is -2.01. The molecule has 104 valence electrons. The molecule has 0 unspecified atom stereocenters. The van der Waals surface area contributed by atoms with Crippen molar-refractivity contribution in [2.45, 2.75) is 12.8 Å². The molecule has 1 heterocycles. The van der Waals surface area contributed by atoms with E-state index in [1.54, 1.807) is 25.4 Å². The molecule has 1 aliphatic rings. The molecule has 0 bridgehead atoms. The summed E-state index contributed by atoms with van der Waals surface area (Å²) in [6.45, 7) is 0.425. The van der Waals surface area contributed by atoms with Crippen molar-refractivity contribution < 1.29 is 13.9 Å². The van der Waals surface area contributed by atoms with E-state index >= 15 is 0 Å². The van der Waals surface area contributed by atoms with Gasteiger partial charge in [0.1, 0.15) is 5.82 Å². The van der Waals surface area contributed by atoms with Crippen molar-refractivity contribution in [1.29, 1.82) is 0 Å². The molecule has 1 fully saturated rings. The number of rotatable bonds is 4. The number of methoxy groups -OCH3 is 1. The van der Waals surface area contributed by atoms with Crippen LogP contribution in [0.3, 0.4) is 0 Å². The highest BCUT2D eigenvalue weighted by atomic mass is 19.1. The van der Waals surface area contributed by atoms with Crippen LogP contribution in [0.25, 0.3) is 10.9 Å². The highest BCUT2D eigenvalue weighted by Gasteiger charge is 2.49. The Labute approximate surface area is 116 Å². The fraction of sp³-hybridized carbons (Fsp3) is 0.333. The maximum absolute atomic E-state index is 13.2. The molecular weight excluding hydrogens is 259 g/mol. The number of ether oxygens (including phenoxy) is 1. The van der Waals surface area contributed by atoms with Crippen LogP contribution in [0.1, 0.15) is 12.8 Å². The molecule has 20 heavy (non-hydrogen) atoms. The quantitative estimate of drug-likeness (QED) is 0.932. The number of pyridine rings is 1. The van der Waals surface area contributed by atoms with Gasteiger partial charge in [-0.25, -0.2) is 4.39 Å². The lowest BCUT2D eigenvalue weighted by atomic mass is 10.1. The minimum absolute atomic E-state index is 0.0584. The normalized spacial score (nSPS) is 16.1. The molecule has 0 aliphatic heterocycles. The molecule has 1 aromatic heterocycles. The van der Waals surface area contributed by atoms with E-state index < -0.39 is 5.41 Å². The van der Waals surface area contributed by atoms with Crippen LogP contribution in [0.5, 0.6) is 0 Å². The number of amides is 1. The van der Waals surface area contributed by atoms with Crippen molar-refractivity contribution in [1.82, 2.24) is 4.98 Å². The summed E-state index contributed by atoms with van der Waals surface area (Å²) < 4.78 is 18.3. The van der Waals surface area contributed by atoms with Crippen LogP contribution in [-0.4, -0.2) is 24.6 Å². The largest absolute Gasteiger partial charge is 0.384 e. The Kier molecular flexibility index (Phi) is 3.14. The lowest BCUT2D eigenvalue weighted by Crippen LogP contribution is -2.28. The number of benzene rings is 1. The zero-order valence-corrected chi connectivity index (χ0v) is 11.1. The SMILES string of the molecule is COCC1(C(=O)Nc2cnc3ccc(F)cc3c2)CC1. The number of halogens is 1. The maximum atomic E-state index is 13.2. The molecule has 1 N–H and O–H groups in total. The van der Waals surface area contributed by atoms with Gasteiger partial charge in [0.15, 0.2) is 0 Å². The second-order valence-corrected chi connectivity index (χ2v) is 5.23. The Balaban J connectivity index is 1.82.